The number of hydrogen-bond donors (Lipinski definition) is 2. The Bertz CT molecular complexity index is 1430. The zero-order valence-electron chi connectivity index (χ0n) is 23.4. The minimum Gasteiger partial charge on any atom is -0.481 e. The predicted octanol–water partition coefficient (Wildman–Crippen LogP) is 5.39. The van der Waals surface area contributed by atoms with Crippen molar-refractivity contribution in [2.75, 3.05) is 49.5 Å². The summed E-state index contributed by atoms with van der Waals surface area (Å²) in [5, 5.41) is 12.6. The van der Waals surface area contributed by atoms with E-state index in [1.165, 1.54) is 11.3 Å². The van der Waals surface area contributed by atoms with Crippen molar-refractivity contribution < 1.29 is 27.5 Å². The molecule has 0 amide bonds. The highest BCUT2D eigenvalue weighted by Crippen LogP contribution is 2.38. The first-order chi connectivity index (χ1) is 19.9. The van der Waals surface area contributed by atoms with Crippen molar-refractivity contribution in [3.05, 3.63) is 46.3 Å². The zero-order valence-corrected chi connectivity index (χ0v) is 24.2. The lowest BCUT2D eigenvalue weighted by atomic mass is 10.1. The van der Waals surface area contributed by atoms with Crippen molar-refractivity contribution >= 4 is 34.1 Å². The molecule has 0 spiro atoms. The number of alkyl halides is 3. The second kappa shape index (κ2) is 12.5. The fourth-order valence-corrected chi connectivity index (χ4v) is 6.40. The highest BCUT2D eigenvalue weighted by atomic mass is 32.1. The number of carboxylic acid groups (broad SMARTS) is 1. The number of piperazine rings is 1. The number of aryl methyl sites for hydroxylation is 1. The number of carbonyl (C=O) groups is 1. The molecule has 2 N–H and O–H groups in total. The number of rotatable bonds is 9. The van der Waals surface area contributed by atoms with Gasteiger partial charge in [0.25, 0.3) is 0 Å². The fourth-order valence-electron chi connectivity index (χ4n) is 5.38. The van der Waals surface area contributed by atoms with Crippen LogP contribution < -0.4 is 10.2 Å². The summed E-state index contributed by atoms with van der Waals surface area (Å²) in [7, 11) is 0. The number of benzene rings is 1. The summed E-state index contributed by atoms with van der Waals surface area (Å²) in [6, 6.07) is 4.66. The molecule has 2 aliphatic rings. The molecule has 14 heteroatoms. The Labute approximate surface area is 245 Å². The second-order valence-corrected chi connectivity index (χ2v) is 11.8. The van der Waals surface area contributed by atoms with E-state index in [0.29, 0.717) is 79.7 Å². The number of aromatic nitrogens is 3. The maximum Gasteiger partial charge on any atom is 0.416 e. The second-order valence-electron chi connectivity index (χ2n) is 10.7. The van der Waals surface area contributed by atoms with Crippen molar-refractivity contribution in [2.24, 2.45) is 0 Å². The van der Waals surface area contributed by atoms with Gasteiger partial charge < -0.3 is 15.3 Å². The average Bonchev–Trinajstić information content (AvgIpc) is 3.52. The van der Waals surface area contributed by atoms with Gasteiger partial charge in [0.05, 0.1) is 17.7 Å². The quantitative estimate of drug-likeness (QED) is 0.310. The van der Waals surface area contributed by atoms with E-state index in [1.54, 1.807) is 13.0 Å². The van der Waals surface area contributed by atoms with Gasteiger partial charge in [-0.3, -0.25) is 14.6 Å². The lowest BCUT2D eigenvalue weighted by molar-refractivity contribution is -0.138. The molecule has 0 bridgehead atoms. The van der Waals surface area contributed by atoms with E-state index in [0.717, 1.165) is 36.4 Å². The van der Waals surface area contributed by atoms with Crippen LogP contribution in [0.25, 0.3) is 11.3 Å². The molecule has 2 aromatic heterocycles. The third-order valence-electron chi connectivity index (χ3n) is 7.63. The van der Waals surface area contributed by atoms with Gasteiger partial charge >= 0.3 is 12.1 Å². The summed E-state index contributed by atoms with van der Waals surface area (Å²) in [5.74, 6) is -0.0533. The van der Waals surface area contributed by atoms with Crippen LogP contribution in [-0.4, -0.2) is 81.1 Å². The number of aliphatic carboxylic acids is 1. The van der Waals surface area contributed by atoms with Crippen LogP contribution in [0.4, 0.5) is 34.3 Å². The van der Waals surface area contributed by atoms with Crippen molar-refractivity contribution in [3.63, 3.8) is 0 Å². The number of nitrogens with zero attached hydrogens (tertiary/aromatic N) is 6. The number of thiazole rings is 1. The summed E-state index contributed by atoms with van der Waals surface area (Å²) in [6.45, 7) is 8.53. The van der Waals surface area contributed by atoms with Crippen molar-refractivity contribution in [2.45, 2.75) is 51.9 Å². The number of nitrogens with one attached hydrogen (secondary N) is 1. The van der Waals surface area contributed by atoms with Crippen molar-refractivity contribution in [1.29, 1.82) is 0 Å². The molecule has 1 aromatic carbocycles. The third-order valence-corrected chi connectivity index (χ3v) is 8.59. The SMILES string of the molecule is Cc1nc(Nc2nc(-c3cc(F)cc(C(F)(F)F)c3)c(CN3CCC[C@H]3C)s2)cc(N2CCN(CCC(=O)O)CC2)n1. The van der Waals surface area contributed by atoms with E-state index < -0.39 is 23.5 Å². The molecule has 2 aliphatic heterocycles. The van der Waals surface area contributed by atoms with Crippen LogP contribution in [0.15, 0.2) is 24.3 Å². The van der Waals surface area contributed by atoms with Crippen LogP contribution in [0.5, 0.6) is 0 Å². The molecule has 9 nitrogen and oxygen atoms in total. The molecule has 226 valence electrons. The number of likely N-dealkylation sites (tertiary alicyclic amines) is 1. The molecule has 0 radical (unpaired) electrons. The topological polar surface area (TPSA) is 97.7 Å². The molecule has 42 heavy (non-hydrogen) atoms. The Balaban J connectivity index is 1.40. The minimum atomic E-state index is -4.69. The van der Waals surface area contributed by atoms with E-state index in [9.17, 15) is 22.4 Å². The number of anilines is 3. The van der Waals surface area contributed by atoms with Crippen LogP contribution in [0.1, 0.15) is 42.5 Å². The Morgan fingerprint density at radius 2 is 1.86 bits per heavy atom. The van der Waals surface area contributed by atoms with Crippen LogP contribution in [0, 0.1) is 12.7 Å². The standard InChI is InChI=1S/C28H33F4N7O2S/c1-17-4-3-6-39(17)16-22-26(19-12-20(28(30,31)32)14-21(29)13-19)36-27(42-22)35-23-15-24(34-18(2)33-23)38-10-8-37(9-11-38)7-5-25(40)41/h12-15,17H,3-11,16H2,1-2H3,(H,40,41)(H,33,34,35,36)/t17-/m1/s1. The molecule has 0 unspecified atom stereocenters. The van der Waals surface area contributed by atoms with Crippen LogP contribution in [0.2, 0.25) is 0 Å². The summed E-state index contributed by atoms with van der Waals surface area (Å²) in [5.41, 5.74) is -0.663. The smallest absolute Gasteiger partial charge is 0.416 e. The minimum absolute atomic E-state index is 0.0776. The van der Waals surface area contributed by atoms with Gasteiger partial charge in [0.2, 0.25) is 0 Å². The van der Waals surface area contributed by atoms with E-state index in [-0.39, 0.29) is 12.0 Å². The highest BCUT2D eigenvalue weighted by Gasteiger charge is 2.32. The summed E-state index contributed by atoms with van der Waals surface area (Å²) >= 11 is 1.32. The van der Waals surface area contributed by atoms with Gasteiger partial charge in [0.1, 0.15) is 23.3 Å². The fraction of sp³-hybridized carbons (Fsp3) is 0.500. The molecule has 2 saturated heterocycles. The van der Waals surface area contributed by atoms with Crippen LogP contribution >= 0.6 is 11.3 Å². The highest BCUT2D eigenvalue weighted by molar-refractivity contribution is 7.16. The van der Waals surface area contributed by atoms with E-state index in [2.05, 4.69) is 41.9 Å². The molecule has 0 saturated carbocycles. The maximum atomic E-state index is 14.4. The first kappa shape index (κ1) is 30.1. The average molecular weight is 608 g/mol. The molecule has 3 aromatic rings. The summed E-state index contributed by atoms with van der Waals surface area (Å²) in [4.78, 5) is 31.8. The molecular formula is C28H33F4N7O2S. The molecule has 4 heterocycles. The Kier molecular flexibility index (Phi) is 8.94. The Morgan fingerprint density at radius 3 is 2.52 bits per heavy atom. The molecule has 0 aliphatic carbocycles. The van der Waals surface area contributed by atoms with Crippen molar-refractivity contribution in [3.8, 4) is 11.3 Å². The summed E-state index contributed by atoms with van der Waals surface area (Å²) < 4.78 is 54.9. The Morgan fingerprint density at radius 1 is 1.10 bits per heavy atom. The van der Waals surface area contributed by atoms with Gasteiger partial charge in [0.15, 0.2) is 5.13 Å². The largest absolute Gasteiger partial charge is 0.481 e. The first-order valence-electron chi connectivity index (χ1n) is 13.9. The zero-order chi connectivity index (χ0) is 30.0. The van der Waals surface area contributed by atoms with Gasteiger partial charge in [-0.05, 0) is 51.4 Å². The van der Waals surface area contributed by atoms with Crippen LogP contribution in [0.3, 0.4) is 0 Å². The Hall–Kier alpha value is -3.36. The van der Waals surface area contributed by atoms with Crippen LogP contribution in [-0.2, 0) is 17.5 Å². The van der Waals surface area contributed by atoms with Gasteiger partial charge in [-0.2, -0.15) is 13.2 Å². The monoisotopic (exact) mass is 607 g/mol. The lowest BCUT2D eigenvalue weighted by Crippen LogP contribution is -2.47. The lowest BCUT2D eigenvalue weighted by Gasteiger charge is -2.35. The van der Waals surface area contributed by atoms with E-state index in [1.807, 2.05) is 0 Å². The molecular weight excluding hydrogens is 574 g/mol. The molecule has 2 fully saturated rings. The van der Waals surface area contributed by atoms with Gasteiger partial charge in [-0.15, -0.1) is 0 Å². The predicted molar refractivity (Wildman–Crippen MR) is 153 cm³/mol. The third kappa shape index (κ3) is 7.34. The van der Waals surface area contributed by atoms with Gasteiger partial charge in [0, 0.05) is 61.8 Å². The first-order valence-corrected chi connectivity index (χ1v) is 14.7. The number of halogens is 4. The van der Waals surface area contributed by atoms with Crippen molar-refractivity contribution in [1.82, 2.24) is 24.8 Å². The van der Waals surface area contributed by atoms with E-state index in [4.69, 9.17) is 5.11 Å². The number of carboxylic acids is 1. The van der Waals surface area contributed by atoms with Gasteiger partial charge in [-0.1, -0.05) is 11.3 Å². The van der Waals surface area contributed by atoms with Gasteiger partial charge in [-0.25, -0.2) is 19.3 Å². The van der Waals surface area contributed by atoms with E-state index >= 15 is 0 Å². The normalized spacial score (nSPS) is 18.5. The molecule has 5 rings (SSSR count). The summed E-state index contributed by atoms with van der Waals surface area (Å²) in [6.07, 6.45) is -2.51. The maximum absolute atomic E-state index is 14.4. The number of hydrogen-bond acceptors (Lipinski definition) is 9. The molecule has 1 atom stereocenters.